The van der Waals surface area contributed by atoms with Gasteiger partial charge in [0.25, 0.3) is 0 Å². The van der Waals surface area contributed by atoms with E-state index in [1.54, 1.807) is 31.6 Å². The number of aromatic nitrogens is 3. The van der Waals surface area contributed by atoms with E-state index in [2.05, 4.69) is 20.7 Å². The number of rotatable bonds is 5. The average molecular weight is 414 g/mol. The molecule has 0 aromatic carbocycles. The van der Waals surface area contributed by atoms with Crippen molar-refractivity contribution in [3.05, 3.63) is 35.9 Å². The highest BCUT2D eigenvalue weighted by atomic mass is 16.6. The molecule has 8 heteroatoms. The summed E-state index contributed by atoms with van der Waals surface area (Å²) in [6, 6.07) is 2.11. The molecule has 1 saturated carbocycles. The van der Waals surface area contributed by atoms with Crippen LogP contribution in [0.3, 0.4) is 0 Å². The maximum atomic E-state index is 12.0. The lowest BCUT2D eigenvalue weighted by molar-refractivity contribution is 0.0487. The normalized spacial score (nSPS) is 19.2. The Hall–Kier alpha value is -2.90. The van der Waals surface area contributed by atoms with Gasteiger partial charge in [0, 0.05) is 17.8 Å². The first-order valence-electron chi connectivity index (χ1n) is 10.4. The molecule has 8 nitrogen and oxygen atoms in total. The molecule has 2 N–H and O–H groups in total. The fourth-order valence-corrected chi connectivity index (χ4v) is 3.80. The van der Waals surface area contributed by atoms with Crippen LogP contribution in [0.5, 0.6) is 0 Å². The molecule has 1 aliphatic carbocycles. The molecule has 0 atom stereocenters. The molecule has 0 saturated heterocycles. The van der Waals surface area contributed by atoms with Crippen LogP contribution in [0.1, 0.15) is 75.5 Å². The Morgan fingerprint density at radius 2 is 1.83 bits per heavy atom. The number of ketones is 1. The molecule has 0 spiro atoms. The standard InChI is InChI=1S/C22H31N5O3/c1-14-19(26-20-12-23-11-10-18(20)15(2)28)13-24-27(14)17-8-6-16(7-9-17)25-21(29)30-22(3,4)5/h10-13,16-17,26H,6-9H2,1-5H3,(H,25,29). The third kappa shape index (κ3) is 5.37. The number of alkyl carbamates (subject to hydrolysis) is 1. The van der Waals surface area contributed by atoms with Gasteiger partial charge in [0.05, 0.1) is 35.5 Å². The van der Waals surface area contributed by atoms with Crippen LogP contribution in [-0.2, 0) is 4.74 Å². The van der Waals surface area contributed by atoms with Gasteiger partial charge < -0.3 is 15.4 Å². The Labute approximate surface area is 177 Å². The Morgan fingerprint density at radius 1 is 1.13 bits per heavy atom. The molecule has 1 aliphatic rings. The number of pyridine rings is 1. The van der Waals surface area contributed by atoms with Crippen LogP contribution >= 0.6 is 0 Å². The number of carbonyl (C=O) groups is 2. The van der Waals surface area contributed by atoms with Crippen LogP contribution in [0.25, 0.3) is 0 Å². The molecular formula is C22H31N5O3. The van der Waals surface area contributed by atoms with Crippen molar-refractivity contribution in [1.82, 2.24) is 20.1 Å². The topological polar surface area (TPSA) is 98.1 Å². The fraction of sp³-hybridized carbons (Fsp3) is 0.545. The molecule has 0 unspecified atom stereocenters. The number of amides is 1. The summed E-state index contributed by atoms with van der Waals surface area (Å²) < 4.78 is 7.39. The third-order valence-electron chi connectivity index (χ3n) is 5.28. The summed E-state index contributed by atoms with van der Waals surface area (Å²) in [4.78, 5) is 28.0. The van der Waals surface area contributed by atoms with E-state index in [9.17, 15) is 9.59 Å². The van der Waals surface area contributed by atoms with Crippen molar-refractivity contribution in [3.63, 3.8) is 0 Å². The second kappa shape index (κ2) is 8.85. The lowest BCUT2D eigenvalue weighted by Crippen LogP contribution is -2.41. The number of nitrogens with zero attached hydrogens (tertiary/aromatic N) is 3. The van der Waals surface area contributed by atoms with Gasteiger partial charge >= 0.3 is 6.09 Å². The Kier molecular flexibility index (Phi) is 6.43. The Bertz CT molecular complexity index is 908. The number of hydrogen-bond donors (Lipinski definition) is 2. The first kappa shape index (κ1) is 21.8. The van der Waals surface area contributed by atoms with E-state index in [0.717, 1.165) is 37.1 Å². The summed E-state index contributed by atoms with van der Waals surface area (Å²) >= 11 is 0. The first-order chi connectivity index (χ1) is 14.1. The molecule has 2 aromatic rings. The van der Waals surface area contributed by atoms with Crippen LogP contribution in [0.2, 0.25) is 0 Å². The van der Waals surface area contributed by atoms with Gasteiger partial charge in [-0.15, -0.1) is 0 Å². The zero-order chi connectivity index (χ0) is 21.9. The highest BCUT2D eigenvalue weighted by Crippen LogP contribution is 2.32. The number of carbonyl (C=O) groups excluding carboxylic acids is 2. The number of nitrogens with one attached hydrogen (secondary N) is 2. The predicted molar refractivity (Wildman–Crippen MR) is 115 cm³/mol. The Morgan fingerprint density at radius 3 is 2.47 bits per heavy atom. The minimum absolute atomic E-state index is 0.0132. The van der Waals surface area contributed by atoms with Crippen molar-refractivity contribution in [2.75, 3.05) is 5.32 Å². The van der Waals surface area contributed by atoms with Gasteiger partial charge in [-0.25, -0.2) is 4.79 Å². The van der Waals surface area contributed by atoms with Gasteiger partial charge in [0.15, 0.2) is 5.78 Å². The zero-order valence-electron chi connectivity index (χ0n) is 18.4. The quantitative estimate of drug-likeness (QED) is 0.698. The SMILES string of the molecule is CC(=O)c1ccncc1Nc1cnn(C2CCC(NC(=O)OC(C)(C)C)CC2)c1C. The molecule has 0 radical (unpaired) electrons. The molecule has 0 aliphatic heterocycles. The molecule has 3 rings (SSSR count). The number of Topliss-reactive ketones (excluding diaryl/α,β-unsaturated/α-hetero) is 1. The fourth-order valence-electron chi connectivity index (χ4n) is 3.80. The van der Waals surface area contributed by atoms with Crippen molar-refractivity contribution in [2.24, 2.45) is 0 Å². The number of ether oxygens (including phenoxy) is 1. The molecule has 1 amide bonds. The third-order valence-corrected chi connectivity index (χ3v) is 5.28. The van der Waals surface area contributed by atoms with E-state index >= 15 is 0 Å². The van der Waals surface area contributed by atoms with E-state index < -0.39 is 5.60 Å². The zero-order valence-corrected chi connectivity index (χ0v) is 18.4. The van der Waals surface area contributed by atoms with E-state index in [1.807, 2.05) is 32.4 Å². The minimum atomic E-state index is -0.493. The van der Waals surface area contributed by atoms with Gasteiger partial charge in [-0.3, -0.25) is 14.5 Å². The maximum absolute atomic E-state index is 12.0. The van der Waals surface area contributed by atoms with E-state index in [4.69, 9.17) is 4.74 Å². The maximum Gasteiger partial charge on any atom is 0.407 e. The summed E-state index contributed by atoms with van der Waals surface area (Å²) in [6.45, 7) is 9.14. The van der Waals surface area contributed by atoms with Gasteiger partial charge in [0.2, 0.25) is 0 Å². The summed E-state index contributed by atoms with van der Waals surface area (Å²) in [7, 11) is 0. The van der Waals surface area contributed by atoms with Crippen LogP contribution in [0, 0.1) is 6.92 Å². The van der Waals surface area contributed by atoms with Gasteiger partial charge in [-0.05, 0) is 66.4 Å². The van der Waals surface area contributed by atoms with Crippen LogP contribution < -0.4 is 10.6 Å². The predicted octanol–water partition coefficient (Wildman–Crippen LogP) is 4.54. The monoisotopic (exact) mass is 413 g/mol. The second-order valence-electron chi connectivity index (χ2n) is 8.84. The van der Waals surface area contributed by atoms with Crippen LogP contribution in [-0.4, -0.2) is 38.3 Å². The van der Waals surface area contributed by atoms with Crippen molar-refractivity contribution in [2.45, 2.75) is 78.0 Å². The molecule has 2 heterocycles. The molecule has 0 bridgehead atoms. The van der Waals surface area contributed by atoms with Crippen LogP contribution in [0.4, 0.5) is 16.2 Å². The van der Waals surface area contributed by atoms with Gasteiger partial charge in [-0.1, -0.05) is 0 Å². The number of hydrogen-bond acceptors (Lipinski definition) is 6. The largest absolute Gasteiger partial charge is 0.444 e. The van der Waals surface area contributed by atoms with Crippen molar-refractivity contribution in [3.8, 4) is 0 Å². The lowest BCUT2D eigenvalue weighted by atomic mass is 9.91. The first-order valence-corrected chi connectivity index (χ1v) is 10.4. The molecule has 1 fully saturated rings. The molecule has 2 aromatic heterocycles. The highest BCUT2D eigenvalue weighted by Gasteiger charge is 2.27. The second-order valence-corrected chi connectivity index (χ2v) is 8.84. The Balaban J connectivity index is 1.61. The lowest BCUT2D eigenvalue weighted by Gasteiger charge is -2.30. The summed E-state index contributed by atoms with van der Waals surface area (Å²) in [5.41, 5.74) is 2.66. The van der Waals surface area contributed by atoms with Crippen LogP contribution in [0.15, 0.2) is 24.7 Å². The van der Waals surface area contributed by atoms with Gasteiger partial charge in [0.1, 0.15) is 5.60 Å². The highest BCUT2D eigenvalue weighted by molar-refractivity contribution is 6.00. The number of anilines is 2. The summed E-state index contributed by atoms with van der Waals surface area (Å²) in [5, 5.41) is 10.9. The molecule has 30 heavy (non-hydrogen) atoms. The summed E-state index contributed by atoms with van der Waals surface area (Å²) in [5.74, 6) is -0.0132. The average Bonchev–Trinajstić information content (AvgIpc) is 3.01. The van der Waals surface area contributed by atoms with E-state index in [-0.39, 0.29) is 24.0 Å². The smallest absolute Gasteiger partial charge is 0.407 e. The van der Waals surface area contributed by atoms with E-state index in [0.29, 0.717) is 11.3 Å². The van der Waals surface area contributed by atoms with E-state index in [1.165, 1.54) is 0 Å². The molecule has 162 valence electrons. The van der Waals surface area contributed by atoms with Crippen molar-refractivity contribution in [1.29, 1.82) is 0 Å². The summed E-state index contributed by atoms with van der Waals surface area (Å²) in [6.07, 6.45) is 8.31. The van der Waals surface area contributed by atoms with Gasteiger partial charge in [-0.2, -0.15) is 5.10 Å². The molecular weight excluding hydrogens is 382 g/mol. The van der Waals surface area contributed by atoms with Crippen molar-refractivity contribution >= 4 is 23.3 Å². The van der Waals surface area contributed by atoms with Crippen molar-refractivity contribution < 1.29 is 14.3 Å². The minimum Gasteiger partial charge on any atom is -0.444 e.